The molecule has 0 fully saturated rings. The van der Waals surface area contributed by atoms with Crippen LogP contribution in [0.2, 0.25) is 0 Å². The summed E-state index contributed by atoms with van der Waals surface area (Å²) in [5.74, 6) is 1.04. The zero-order valence-electron chi connectivity index (χ0n) is 16.3. The Hall–Kier alpha value is -4.04. The fraction of sp³-hybridized carbons (Fsp3) is 0.0435. The molecule has 31 heavy (non-hydrogen) atoms. The lowest BCUT2D eigenvalue weighted by atomic mass is 10.2. The smallest absolute Gasteiger partial charge is 0.246 e. The highest BCUT2D eigenvalue weighted by Gasteiger charge is 2.12. The lowest BCUT2D eigenvalue weighted by molar-refractivity contribution is -0.108. The Morgan fingerprint density at radius 2 is 1.87 bits per heavy atom. The average Bonchev–Trinajstić information content (AvgIpc) is 3.42. The van der Waals surface area contributed by atoms with Crippen LogP contribution < -0.4 is 10.1 Å². The van der Waals surface area contributed by atoms with Gasteiger partial charge in [-0.15, -0.1) is 0 Å². The Morgan fingerprint density at radius 1 is 1.03 bits per heavy atom. The molecule has 1 N–H and O–H groups in total. The van der Waals surface area contributed by atoms with Crippen molar-refractivity contribution in [3.05, 3.63) is 79.4 Å². The number of anilines is 2. The Kier molecular flexibility index (Phi) is 5.12. The number of hydrogen-bond acceptors (Lipinski definition) is 7. The van der Waals surface area contributed by atoms with Crippen LogP contribution in [0.1, 0.15) is 0 Å². The summed E-state index contributed by atoms with van der Waals surface area (Å²) in [7, 11) is 0. The van der Waals surface area contributed by atoms with E-state index in [1.165, 1.54) is 0 Å². The van der Waals surface area contributed by atoms with Gasteiger partial charge in [-0.3, -0.25) is 0 Å². The predicted molar refractivity (Wildman–Crippen MR) is 121 cm³/mol. The van der Waals surface area contributed by atoms with Crippen molar-refractivity contribution in [1.29, 1.82) is 0 Å². The van der Waals surface area contributed by atoms with Crippen molar-refractivity contribution >= 4 is 38.7 Å². The van der Waals surface area contributed by atoms with Gasteiger partial charge in [0, 0.05) is 36.0 Å². The molecule has 0 saturated heterocycles. The maximum Gasteiger partial charge on any atom is 0.246 e. The molecule has 0 aliphatic rings. The molecule has 7 nitrogen and oxygen atoms in total. The SMILES string of the molecule is O=CCn1ccc(-c2nccnc2Oc2ccc(Nc3nc4ccccc4s3)cc2)c1. The maximum atomic E-state index is 10.7. The van der Waals surface area contributed by atoms with Crippen LogP contribution in [-0.4, -0.2) is 25.8 Å². The normalized spacial score (nSPS) is 10.8. The molecule has 0 aliphatic carbocycles. The van der Waals surface area contributed by atoms with Crippen molar-refractivity contribution in [1.82, 2.24) is 19.5 Å². The zero-order chi connectivity index (χ0) is 21.0. The summed E-state index contributed by atoms with van der Waals surface area (Å²) in [6.45, 7) is 0.291. The van der Waals surface area contributed by atoms with Gasteiger partial charge in [0.15, 0.2) is 5.13 Å². The van der Waals surface area contributed by atoms with Gasteiger partial charge in [-0.2, -0.15) is 0 Å². The van der Waals surface area contributed by atoms with Gasteiger partial charge in [-0.1, -0.05) is 23.5 Å². The number of carbonyl (C=O) groups is 1. The fourth-order valence-electron chi connectivity index (χ4n) is 3.15. The monoisotopic (exact) mass is 427 g/mol. The molecule has 152 valence electrons. The van der Waals surface area contributed by atoms with Gasteiger partial charge in [0.1, 0.15) is 17.7 Å². The van der Waals surface area contributed by atoms with Crippen molar-refractivity contribution < 1.29 is 9.53 Å². The van der Waals surface area contributed by atoms with Gasteiger partial charge in [0.2, 0.25) is 5.88 Å². The number of nitrogens with zero attached hydrogens (tertiary/aromatic N) is 4. The molecule has 0 atom stereocenters. The Labute approximate surface area is 182 Å². The van der Waals surface area contributed by atoms with Crippen molar-refractivity contribution in [2.75, 3.05) is 5.32 Å². The molecule has 0 unspecified atom stereocenters. The lowest BCUT2D eigenvalue weighted by Crippen LogP contribution is -1.95. The highest BCUT2D eigenvalue weighted by molar-refractivity contribution is 7.22. The third-order valence-corrected chi connectivity index (χ3v) is 5.54. The lowest BCUT2D eigenvalue weighted by Gasteiger charge is -2.09. The highest BCUT2D eigenvalue weighted by atomic mass is 32.1. The van der Waals surface area contributed by atoms with E-state index in [1.54, 1.807) is 28.3 Å². The van der Waals surface area contributed by atoms with Crippen molar-refractivity contribution in [3.63, 3.8) is 0 Å². The molecule has 0 radical (unpaired) electrons. The number of fused-ring (bicyclic) bond motifs is 1. The number of aldehydes is 1. The summed E-state index contributed by atoms with van der Waals surface area (Å²) < 4.78 is 8.92. The number of nitrogens with one attached hydrogen (secondary N) is 1. The summed E-state index contributed by atoms with van der Waals surface area (Å²) in [4.78, 5) is 24.1. The van der Waals surface area contributed by atoms with Gasteiger partial charge < -0.3 is 19.4 Å². The van der Waals surface area contributed by atoms with E-state index in [2.05, 4.69) is 26.3 Å². The topological polar surface area (TPSA) is 81.9 Å². The van der Waals surface area contributed by atoms with E-state index >= 15 is 0 Å². The Morgan fingerprint density at radius 3 is 2.71 bits per heavy atom. The van der Waals surface area contributed by atoms with E-state index < -0.39 is 0 Å². The molecule has 5 rings (SSSR count). The first-order chi connectivity index (χ1) is 15.3. The number of hydrogen-bond donors (Lipinski definition) is 1. The fourth-order valence-corrected chi connectivity index (χ4v) is 4.03. The van der Waals surface area contributed by atoms with Crippen LogP contribution in [0, 0.1) is 0 Å². The first kappa shape index (κ1) is 19.0. The summed E-state index contributed by atoms with van der Waals surface area (Å²) in [5.41, 5.74) is 3.34. The summed E-state index contributed by atoms with van der Waals surface area (Å²) >= 11 is 1.61. The number of aromatic nitrogens is 4. The molecule has 2 aromatic carbocycles. The Balaban J connectivity index is 1.33. The minimum Gasteiger partial charge on any atom is -0.437 e. The van der Waals surface area contributed by atoms with E-state index in [0.29, 0.717) is 23.9 Å². The van der Waals surface area contributed by atoms with E-state index in [4.69, 9.17) is 4.74 Å². The number of benzene rings is 2. The van der Waals surface area contributed by atoms with Gasteiger partial charge in [-0.25, -0.2) is 15.0 Å². The van der Waals surface area contributed by atoms with E-state index in [-0.39, 0.29) is 0 Å². The molecule has 3 aromatic heterocycles. The number of thiazole rings is 1. The van der Waals surface area contributed by atoms with Crippen molar-refractivity contribution in [2.45, 2.75) is 6.54 Å². The molecule has 0 aliphatic heterocycles. The number of para-hydroxylation sites is 1. The molecule has 0 spiro atoms. The van der Waals surface area contributed by atoms with Crippen molar-refractivity contribution in [3.8, 4) is 22.9 Å². The number of carbonyl (C=O) groups excluding carboxylic acids is 1. The standard InChI is InChI=1S/C23H17N5O2S/c29-14-13-28-12-9-16(15-28)21-22(25-11-10-24-21)30-18-7-5-17(6-8-18)26-23-27-19-3-1-2-4-20(19)31-23/h1-12,14-15H,13H2,(H,26,27). The molecule has 5 aromatic rings. The van der Waals surface area contributed by atoms with Crippen LogP contribution in [0.25, 0.3) is 21.5 Å². The second-order valence-electron chi connectivity index (χ2n) is 6.71. The highest BCUT2D eigenvalue weighted by Crippen LogP contribution is 2.32. The minimum absolute atomic E-state index is 0.291. The largest absolute Gasteiger partial charge is 0.437 e. The summed E-state index contributed by atoms with van der Waals surface area (Å²) in [5, 5.41) is 4.17. The van der Waals surface area contributed by atoms with Crippen LogP contribution in [0.15, 0.2) is 79.4 Å². The van der Waals surface area contributed by atoms with Gasteiger partial charge in [0.05, 0.1) is 16.8 Å². The molecule has 0 amide bonds. The van der Waals surface area contributed by atoms with E-state index in [9.17, 15) is 4.79 Å². The van der Waals surface area contributed by atoms with Gasteiger partial charge in [-0.05, 0) is 42.5 Å². The van der Waals surface area contributed by atoms with Crippen LogP contribution in [0.4, 0.5) is 10.8 Å². The van der Waals surface area contributed by atoms with Crippen LogP contribution >= 0.6 is 11.3 Å². The van der Waals surface area contributed by atoms with Crippen LogP contribution in [0.5, 0.6) is 11.6 Å². The minimum atomic E-state index is 0.291. The molecule has 8 heteroatoms. The van der Waals surface area contributed by atoms with E-state index in [0.717, 1.165) is 32.9 Å². The van der Waals surface area contributed by atoms with Gasteiger partial charge in [0.25, 0.3) is 0 Å². The predicted octanol–water partition coefficient (Wildman–Crippen LogP) is 5.29. The first-order valence-corrected chi connectivity index (χ1v) is 10.4. The average molecular weight is 427 g/mol. The zero-order valence-corrected chi connectivity index (χ0v) is 17.1. The molecular weight excluding hydrogens is 410 g/mol. The number of ether oxygens (including phenoxy) is 1. The van der Waals surface area contributed by atoms with Crippen LogP contribution in [0.3, 0.4) is 0 Å². The molecule has 3 heterocycles. The molecule has 0 saturated carbocycles. The summed E-state index contributed by atoms with van der Waals surface area (Å²) in [6, 6.07) is 17.5. The summed E-state index contributed by atoms with van der Waals surface area (Å²) in [6.07, 6.45) is 7.72. The van der Waals surface area contributed by atoms with E-state index in [1.807, 2.05) is 60.9 Å². The molecule has 0 bridgehead atoms. The second-order valence-corrected chi connectivity index (χ2v) is 7.74. The second kappa shape index (κ2) is 8.37. The number of rotatable bonds is 7. The molecular formula is C23H17N5O2S. The first-order valence-electron chi connectivity index (χ1n) is 9.60. The maximum absolute atomic E-state index is 10.7. The van der Waals surface area contributed by atoms with Crippen molar-refractivity contribution in [2.24, 2.45) is 0 Å². The quantitative estimate of drug-likeness (QED) is 0.356. The van der Waals surface area contributed by atoms with Gasteiger partial charge >= 0.3 is 0 Å². The third kappa shape index (κ3) is 4.15. The Bertz CT molecular complexity index is 1310. The third-order valence-electron chi connectivity index (χ3n) is 4.59. The van der Waals surface area contributed by atoms with Crippen LogP contribution in [-0.2, 0) is 11.3 Å².